The Morgan fingerprint density at radius 2 is 1.60 bits per heavy atom. The van der Waals surface area contributed by atoms with Gasteiger partial charge in [0.15, 0.2) is 5.58 Å². The third-order valence-electron chi connectivity index (χ3n) is 6.36. The van der Waals surface area contributed by atoms with E-state index in [-0.39, 0.29) is 0 Å². The van der Waals surface area contributed by atoms with Crippen molar-refractivity contribution in [1.82, 2.24) is 9.88 Å². The van der Waals surface area contributed by atoms with E-state index in [9.17, 15) is 0 Å². The second-order valence-electron chi connectivity index (χ2n) is 9.20. The van der Waals surface area contributed by atoms with Crippen LogP contribution in [0.2, 0.25) is 0 Å². The molecule has 0 spiro atoms. The Morgan fingerprint density at radius 3 is 2.37 bits per heavy atom. The van der Waals surface area contributed by atoms with Crippen LogP contribution < -0.4 is 4.90 Å². The smallest absolute Gasteiger partial charge is 0.177 e. The van der Waals surface area contributed by atoms with Crippen molar-refractivity contribution in [2.45, 2.75) is 11.3 Å². The summed E-state index contributed by atoms with van der Waals surface area (Å²) in [5.74, 6) is 0. The summed E-state index contributed by atoms with van der Waals surface area (Å²) in [6.45, 7) is 1.98. The van der Waals surface area contributed by atoms with Crippen LogP contribution in [0.5, 0.6) is 0 Å². The van der Waals surface area contributed by atoms with Crippen molar-refractivity contribution < 1.29 is 4.42 Å². The quantitative estimate of drug-likeness (QED) is 0.170. The number of fused-ring (bicyclic) bond motifs is 4. The molecule has 0 bridgehead atoms. The van der Waals surface area contributed by atoms with Gasteiger partial charge in [-0.05, 0) is 80.8 Å². The normalized spacial score (nSPS) is 12.0. The molecular weight excluding hydrogens is 450 g/mol. The molecular formula is C30H31N3OS. The molecule has 35 heavy (non-hydrogen) atoms. The summed E-state index contributed by atoms with van der Waals surface area (Å²) in [6.07, 6.45) is 7.51. The Bertz CT molecular complexity index is 1500. The minimum absolute atomic E-state index is 0.861. The second kappa shape index (κ2) is 10.1. The predicted molar refractivity (Wildman–Crippen MR) is 153 cm³/mol. The first-order chi connectivity index (χ1) is 17.0. The van der Waals surface area contributed by atoms with Crippen LogP contribution in [0.25, 0.3) is 45.1 Å². The van der Waals surface area contributed by atoms with Gasteiger partial charge >= 0.3 is 0 Å². The molecule has 178 valence electrons. The van der Waals surface area contributed by atoms with Crippen LogP contribution in [0.1, 0.15) is 17.5 Å². The lowest BCUT2D eigenvalue weighted by molar-refractivity contribution is 0.402. The fraction of sp³-hybridized carbons (Fsp3) is 0.233. The highest BCUT2D eigenvalue weighted by Crippen LogP contribution is 2.39. The number of benzene rings is 3. The summed E-state index contributed by atoms with van der Waals surface area (Å²) in [5.41, 5.74) is 7.10. The minimum atomic E-state index is 0.861. The zero-order chi connectivity index (χ0) is 24.4. The molecule has 0 atom stereocenters. The van der Waals surface area contributed by atoms with E-state index in [0.717, 1.165) is 63.7 Å². The highest BCUT2D eigenvalue weighted by Gasteiger charge is 2.19. The number of para-hydroxylation sites is 1. The van der Waals surface area contributed by atoms with Crippen LogP contribution in [0.15, 0.2) is 76.0 Å². The number of hydrogen-bond donors (Lipinski definition) is 0. The van der Waals surface area contributed by atoms with Gasteiger partial charge in [-0.3, -0.25) is 0 Å². The number of nitrogens with zero attached hydrogens (tertiary/aromatic N) is 3. The highest BCUT2D eigenvalue weighted by molar-refractivity contribution is 7.98. The Hall–Kier alpha value is -3.28. The van der Waals surface area contributed by atoms with E-state index in [4.69, 9.17) is 9.40 Å². The number of furan rings is 1. The summed E-state index contributed by atoms with van der Waals surface area (Å²) in [4.78, 5) is 10.9. The minimum Gasteiger partial charge on any atom is -0.452 e. The fourth-order valence-electron chi connectivity index (χ4n) is 4.51. The maximum Gasteiger partial charge on any atom is 0.177 e. The van der Waals surface area contributed by atoms with Gasteiger partial charge in [0.1, 0.15) is 11.1 Å². The molecule has 0 saturated heterocycles. The van der Waals surface area contributed by atoms with Crippen molar-refractivity contribution in [2.75, 3.05) is 45.4 Å². The van der Waals surface area contributed by atoms with Gasteiger partial charge in [0.05, 0.1) is 11.2 Å². The van der Waals surface area contributed by atoms with E-state index in [0.29, 0.717) is 0 Å². The average molecular weight is 482 g/mol. The zero-order valence-corrected chi connectivity index (χ0v) is 21.6. The third-order valence-corrected chi connectivity index (χ3v) is 7.10. The van der Waals surface area contributed by atoms with Crippen LogP contribution in [-0.4, -0.2) is 50.4 Å². The molecule has 2 heterocycles. The van der Waals surface area contributed by atoms with Crippen molar-refractivity contribution in [2.24, 2.45) is 0 Å². The molecule has 5 heteroatoms. The van der Waals surface area contributed by atoms with Gasteiger partial charge in [-0.25, -0.2) is 4.98 Å². The first-order valence-corrected chi connectivity index (χ1v) is 13.2. The van der Waals surface area contributed by atoms with Gasteiger partial charge in [-0.15, -0.1) is 11.8 Å². The number of hydrogen-bond acceptors (Lipinski definition) is 5. The number of pyridine rings is 1. The monoisotopic (exact) mass is 481 g/mol. The van der Waals surface area contributed by atoms with Gasteiger partial charge in [-0.1, -0.05) is 42.5 Å². The van der Waals surface area contributed by atoms with Gasteiger partial charge < -0.3 is 14.2 Å². The molecule has 0 aliphatic heterocycles. The molecule has 0 aliphatic carbocycles. The van der Waals surface area contributed by atoms with E-state index < -0.39 is 0 Å². The fourth-order valence-corrected chi connectivity index (χ4v) is 4.92. The molecule has 3 aromatic carbocycles. The highest BCUT2D eigenvalue weighted by atomic mass is 32.2. The largest absolute Gasteiger partial charge is 0.452 e. The average Bonchev–Trinajstić information content (AvgIpc) is 3.24. The van der Waals surface area contributed by atoms with Crippen LogP contribution in [0.4, 0.5) is 5.69 Å². The summed E-state index contributed by atoms with van der Waals surface area (Å²) in [7, 11) is 6.39. The van der Waals surface area contributed by atoms with Crippen molar-refractivity contribution in [3.8, 4) is 0 Å². The van der Waals surface area contributed by atoms with E-state index in [1.807, 2.05) is 18.2 Å². The number of rotatable bonds is 8. The lowest BCUT2D eigenvalue weighted by Crippen LogP contribution is -2.23. The maximum atomic E-state index is 6.40. The molecule has 5 rings (SSSR count). The molecule has 4 nitrogen and oxygen atoms in total. The Balaban J connectivity index is 1.60. The summed E-state index contributed by atoms with van der Waals surface area (Å²) in [6, 6.07) is 23.3. The second-order valence-corrected chi connectivity index (χ2v) is 10.1. The Morgan fingerprint density at radius 1 is 0.857 bits per heavy atom. The molecule has 0 aliphatic rings. The van der Waals surface area contributed by atoms with Crippen LogP contribution in [-0.2, 0) is 0 Å². The predicted octanol–water partition coefficient (Wildman–Crippen LogP) is 7.41. The Kier molecular flexibility index (Phi) is 6.80. The van der Waals surface area contributed by atoms with Crippen molar-refractivity contribution in [3.63, 3.8) is 0 Å². The van der Waals surface area contributed by atoms with E-state index in [2.05, 4.69) is 97.9 Å². The number of aromatic nitrogens is 1. The lowest BCUT2D eigenvalue weighted by Gasteiger charge is -2.22. The molecule has 0 unspecified atom stereocenters. The molecule has 0 N–H and O–H groups in total. The summed E-state index contributed by atoms with van der Waals surface area (Å²) in [5, 5.41) is 2.17. The van der Waals surface area contributed by atoms with Crippen molar-refractivity contribution in [1.29, 1.82) is 0 Å². The Labute approximate surface area is 211 Å². The number of thioether (sulfide) groups is 1. The van der Waals surface area contributed by atoms with Crippen molar-refractivity contribution >= 4 is 62.6 Å². The molecule has 0 amide bonds. The van der Waals surface area contributed by atoms with Crippen molar-refractivity contribution in [3.05, 3.63) is 77.9 Å². The van der Waals surface area contributed by atoms with E-state index in [1.54, 1.807) is 11.8 Å². The standard InChI is InChI=1S/C30H31N3OS/c1-32(2)18-7-19-33(3)29-25-20-22(11-10-21-12-15-23(35-4)16-13-21)14-17-26(25)31-28-24-8-5-6-9-27(24)34-30(28)29/h5-6,8-17,20H,7,18-19H2,1-4H3/b11-10+. The SMILES string of the molecule is CSc1ccc(/C=C/c2ccc3nc4c(oc5ccccc54)c(N(C)CCCN(C)C)c3c2)cc1. The first kappa shape index (κ1) is 23.5. The van der Waals surface area contributed by atoms with Crippen LogP contribution in [0.3, 0.4) is 0 Å². The van der Waals surface area contributed by atoms with E-state index in [1.165, 1.54) is 10.5 Å². The van der Waals surface area contributed by atoms with Crippen LogP contribution >= 0.6 is 11.8 Å². The topological polar surface area (TPSA) is 32.5 Å². The van der Waals surface area contributed by atoms with Gasteiger partial charge in [0.25, 0.3) is 0 Å². The summed E-state index contributed by atoms with van der Waals surface area (Å²) >= 11 is 1.76. The van der Waals surface area contributed by atoms with Gasteiger partial charge in [-0.2, -0.15) is 0 Å². The van der Waals surface area contributed by atoms with Gasteiger partial charge in [0, 0.05) is 29.3 Å². The molecule has 0 saturated carbocycles. The maximum absolute atomic E-state index is 6.40. The van der Waals surface area contributed by atoms with Gasteiger partial charge in [0.2, 0.25) is 0 Å². The molecule has 2 aromatic heterocycles. The molecule has 0 fully saturated rings. The van der Waals surface area contributed by atoms with Crippen LogP contribution in [0, 0.1) is 0 Å². The van der Waals surface area contributed by atoms with E-state index >= 15 is 0 Å². The lowest BCUT2D eigenvalue weighted by atomic mass is 10.1. The molecule has 5 aromatic rings. The third kappa shape index (κ3) is 4.93. The number of anilines is 1. The summed E-state index contributed by atoms with van der Waals surface area (Å²) < 4.78 is 6.40. The molecule has 0 radical (unpaired) electrons. The zero-order valence-electron chi connectivity index (χ0n) is 20.8. The first-order valence-electron chi connectivity index (χ1n) is 12.0.